The molecule has 0 aliphatic carbocycles. The highest BCUT2D eigenvalue weighted by Gasteiger charge is 2.02. The predicted molar refractivity (Wildman–Crippen MR) is 71.1 cm³/mol. The Kier molecular flexibility index (Phi) is 2.82. The van der Waals surface area contributed by atoms with Gasteiger partial charge in [-0.15, -0.1) is 0 Å². The molecule has 18 heavy (non-hydrogen) atoms. The minimum absolute atomic E-state index is 0.469. The maximum atomic E-state index is 5.89. The van der Waals surface area contributed by atoms with E-state index >= 15 is 0 Å². The number of hydrogen-bond acceptors (Lipinski definition) is 3. The molecule has 1 aromatic heterocycles. The Hall–Kier alpha value is -2.13. The first-order valence-corrected chi connectivity index (χ1v) is 5.84. The Labute approximate surface area is 109 Å². The first-order valence-electron chi connectivity index (χ1n) is 5.46. The molecule has 0 saturated heterocycles. The summed E-state index contributed by atoms with van der Waals surface area (Å²) in [6.45, 7) is 0. The molecule has 0 aliphatic heterocycles. The molecule has 2 aromatic carbocycles. The number of nitrogens with zero attached hydrogens (tertiary/aromatic N) is 2. The Bertz CT molecular complexity index is 686. The van der Waals surface area contributed by atoms with Gasteiger partial charge in [-0.25, -0.2) is 9.97 Å². The van der Waals surface area contributed by atoms with Gasteiger partial charge in [-0.05, 0) is 30.3 Å². The summed E-state index contributed by atoms with van der Waals surface area (Å²) in [7, 11) is 0. The minimum Gasteiger partial charge on any atom is -0.437 e. The van der Waals surface area contributed by atoms with Gasteiger partial charge in [-0.2, -0.15) is 0 Å². The molecule has 0 aliphatic rings. The number of rotatable bonds is 2. The SMILES string of the molecule is Clc1ccc2nc(Oc3ccccc3)cnc2c1. The van der Waals surface area contributed by atoms with Gasteiger partial charge in [0.05, 0.1) is 17.2 Å². The summed E-state index contributed by atoms with van der Waals surface area (Å²) in [4.78, 5) is 8.63. The van der Waals surface area contributed by atoms with Gasteiger partial charge in [0, 0.05) is 5.02 Å². The van der Waals surface area contributed by atoms with Crippen LogP contribution in [0.5, 0.6) is 11.6 Å². The van der Waals surface area contributed by atoms with Crippen LogP contribution in [0.15, 0.2) is 54.7 Å². The van der Waals surface area contributed by atoms with Crippen molar-refractivity contribution in [3.63, 3.8) is 0 Å². The van der Waals surface area contributed by atoms with E-state index in [1.807, 2.05) is 36.4 Å². The summed E-state index contributed by atoms with van der Waals surface area (Å²) in [5.74, 6) is 1.20. The zero-order valence-corrected chi connectivity index (χ0v) is 10.1. The summed E-state index contributed by atoms with van der Waals surface area (Å²) >= 11 is 5.89. The lowest BCUT2D eigenvalue weighted by atomic mass is 10.3. The highest BCUT2D eigenvalue weighted by Crippen LogP contribution is 2.21. The first kappa shape index (κ1) is 11.0. The summed E-state index contributed by atoms with van der Waals surface area (Å²) in [6, 6.07) is 14.9. The Balaban J connectivity index is 1.96. The van der Waals surface area contributed by atoms with E-state index in [1.165, 1.54) is 0 Å². The standard InChI is InChI=1S/C14H9ClN2O/c15-10-6-7-12-13(8-10)16-9-14(17-12)18-11-4-2-1-3-5-11/h1-9H. The topological polar surface area (TPSA) is 35.0 Å². The summed E-state index contributed by atoms with van der Waals surface area (Å²) in [6.07, 6.45) is 1.59. The van der Waals surface area contributed by atoms with E-state index in [2.05, 4.69) is 9.97 Å². The average molecular weight is 257 g/mol. The second kappa shape index (κ2) is 4.63. The van der Waals surface area contributed by atoms with Gasteiger partial charge in [-0.1, -0.05) is 29.8 Å². The van der Waals surface area contributed by atoms with E-state index in [4.69, 9.17) is 16.3 Å². The van der Waals surface area contributed by atoms with Gasteiger partial charge in [0.1, 0.15) is 5.75 Å². The number of fused-ring (bicyclic) bond motifs is 1. The molecule has 0 spiro atoms. The molecule has 88 valence electrons. The van der Waals surface area contributed by atoms with Crippen molar-refractivity contribution in [2.24, 2.45) is 0 Å². The van der Waals surface area contributed by atoms with Crippen LogP contribution in [0.4, 0.5) is 0 Å². The zero-order chi connectivity index (χ0) is 12.4. The van der Waals surface area contributed by atoms with Crippen LogP contribution in [-0.4, -0.2) is 9.97 Å². The fraction of sp³-hybridized carbons (Fsp3) is 0. The fourth-order valence-electron chi connectivity index (χ4n) is 1.63. The largest absolute Gasteiger partial charge is 0.437 e. The van der Waals surface area contributed by atoms with E-state index in [0.29, 0.717) is 10.9 Å². The van der Waals surface area contributed by atoms with Gasteiger partial charge >= 0.3 is 0 Å². The van der Waals surface area contributed by atoms with Gasteiger partial charge in [0.15, 0.2) is 0 Å². The van der Waals surface area contributed by atoms with Crippen molar-refractivity contribution >= 4 is 22.6 Å². The molecule has 0 bridgehead atoms. The summed E-state index contributed by atoms with van der Waals surface area (Å²) in [5.41, 5.74) is 1.51. The normalized spacial score (nSPS) is 10.5. The monoisotopic (exact) mass is 256 g/mol. The molecule has 3 rings (SSSR count). The maximum absolute atomic E-state index is 5.89. The number of para-hydroxylation sites is 1. The van der Waals surface area contributed by atoms with E-state index in [0.717, 1.165) is 16.8 Å². The number of halogens is 1. The van der Waals surface area contributed by atoms with Crippen molar-refractivity contribution in [3.05, 3.63) is 59.8 Å². The smallest absolute Gasteiger partial charge is 0.238 e. The number of benzene rings is 2. The third-order valence-corrected chi connectivity index (χ3v) is 2.68. The molecule has 3 nitrogen and oxygen atoms in total. The van der Waals surface area contributed by atoms with Gasteiger partial charge in [-0.3, -0.25) is 0 Å². The predicted octanol–water partition coefficient (Wildman–Crippen LogP) is 4.08. The van der Waals surface area contributed by atoms with Crippen molar-refractivity contribution in [1.82, 2.24) is 9.97 Å². The Morgan fingerprint density at radius 1 is 0.944 bits per heavy atom. The average Bonchev–Trinajstić information content (AvgIpc) is 2.40. The van der Waals surface area contributed by atoms with E-state index in [1.54, 1.807) is 18.3 Å². The lowest BCUT2D eigenvalue weighted by Gasteiger charge is -2.04. The summed E-state index contributed by atoms with van der Waals surface area (Å²) < 4.78 is 5.61. The Morgan fingerprint density at radius 3 is 2.61 bits per heavy atom. The minimum atomic E-state index is 0.469. The summed E-state index contributed by atoms with van der Waals surface area (Å²) in [5, 5.41) is 0.647. The van der Waals surface area contributed by atoms with Gasteiger partial charge < -0.3 is 4.74 Å². The van der Waals surface area contributed by atoms with Gasteiger partial charge in [0.2, 0.25) is 5.88 Å². The molecule has 0 unspecified atom stereocenters. The molecule has 0 saturated carbocycles. The quantitative estimate of drug-likeness (QED) is 0.693. The number of ether oxygens (including phenoxy) is 1. The molecule has 3 aromatic rings. The van der Waals surface area contributed by atoms with Crippen LogP contribution >= 0.6 is 11.6 Å². The van der Waals surface area contributed by atoms with E-state index in [-0.39, 0.29) is 0 Å². The van der Waals surface area contributed by atoms with Crippen LogP contribution in [-0.2, 0) is 0 Å². The first-order chi connectivity index (χ1) is 8.81. The molecule has 4 heteroatoms. The molecule has 0 radical (unpaired) electrons. The zero-order valence-electron chi connectivity index (χ0n) is 9.38. The van der Waals surface area contributed by atoms with Crippen LogP contribution in [0.2, 0.25) is 5.02 Å². The molecular weight excluding hydrogens is 248 g/mol. The fourth-order valence-corrected chi connectivity index (χ4v) is 1.79. The highest BCUT2D eigenvalue weighted by molar-refractivity contribution is 6.31. The van der Waals surface area contributed by atoms with Crippen molar-refractivity contribution < 1.29 is 4.74 Å². The number of aromatic nitrogens is 2. The lowest BCUT2D eigenvalue weighted by molar-refractivity contribution is 0.463. The van der Waals surface area contributed by atoms with Crippen LogP contribution in [0.25, 0.3) is 11.0 Å². The van der Waals surface area contributed by atoms with E-state index in [9.17, 15) is 0 Å². The Morgan fingerprint density at radius 2 is 1.78 bits per heavy atom. The third-order valence-electron chi connectivity index (χ3n) is 2.45. The van der Waals surface area contributed by atoms with Crippen LogP contribution in [0, 0.1) is 0 Å². The second-order valence-electron chi connectivity index (χ2n) is 3.76. The van der Waals surface area contributed by atoms with E-state index < -0.39 is 0 Å². The van der Waals surface area contributed by atoms with Crippen molar-refractivity contribution in [2.75, 3.05) is 0 Å². The van der Waals surface area contributed by atoms with Crippen LogP contribution in [0.1, 0.15) is 0 Å². The molecular formula is C14H9ClN2O. The second-order valence-corrected chi connectivity index (χ2v) is 4.19. The maximum Gasteiger partial charge on any atom is 0.238 e. The van der Waals surface area contributed by atoms with Crippen LogP contribution < -0.4 is 4.74 Å². The molecule has 1 heterocycles. The van der Waals surface area contributed by atoms with Crippen molar-refractivity contribution in [2.45, 2.75) is 0 Å². The highest BCUT2D eigenvalue weighted by atomic mass is 35.5. The van der Waals surface area contributed by atoms with Crippen LogP contribution in [0.3, 0.4) is 0 Å². The molecule has 0 amide bonds. The lowest BCUT2D eigenvalue weighted by Crippen LogP contribution is -1.90. The van der Waals surface area contributed by atoms with Crippen molar-refractivity contribution in [3.8, 4) is 11.6 Å². The third kappa shape index (κ3) is 2.26. The molecule has 0 fully saturated rings. The van der Waals surface area contributed by atoms with Crippen molar-refractivity contribution in [1.29, 1.82) is 0 Å². The number of hydrogen-bond donors (Lipinski definition) is 0. The molecule has 0 N–H and O–H groups in total. The molecule has 0 atom stereocenters. The van der Waals surface area contributed by atoms with Gasteiger partial charge in [0.25, 0.3) is 0 Å².